The zero-order chi connectivity index (χ0) is 16.1. The van der Waals surface area contributed by atoms with E-state index in [-0.39, 0.29) is 0 Å². The van der Waals surface area contributed by atoms with Gasteiger partial charge < -0.3 is 0 Å². The van der Waals surface area contributed by atoms with Crippen molar-refractivity contribution in [3.63, 3.8) is 0 Å². The van der Waals surface area contributed by atoms with Crippen molar-refractivity contribution in [1.29, 1.82) is 0 Å². The molecule has 0 unspecified atom stereocenters. The molecule has 0 amide bonds. The Balaban J connectivity index is 1.44. The van der Waals surface area contributed by atoms with E-state index in [0.717, 1.165) is 23.3 Å². The van der Waals surface area contributed by atoms with E-state index in [2.05, 4.69) is 61.2 Å². The zero-order valence-electron chi connectivity index (χ0n) is 14.4. The summed E-state index contributed by atoms with van der Waals surface area (Å²) < 4.78 is 0. The van der Waals surface area contributed by atoms with Crippen molar-refractivity contribution >= 4 is 5.57 Å². The molecule has 4 bridgehead atoms. The van der Waals surface area contributed by atoms with E-state index in [9.17, 15) is 0 Å². The summed E-state index contributed by atoms with van der Waals surface area (Å²) in [5.41, 5.74) is 5.72. The summed E-state index contributed by atoms with van der Waals surface area (Å²) in [6.07, 6.45) is 8.88. The predicted molar refractivity (Wildman–Crippen MR) is 101 cm³/mol. The summed E-state index contributed by atoms with van der Waals surface area (Å²) in [6.45, 7) is 4.32. The molecule has 0 spiro atoms. The van der Waals surface area contributed by atoms with Crippen molar-refractivity contribution in [3.8, 4) is 0 Å². The van der Waals surface area contributed by atoms with Gasteiger partial charge in [0.05, 0.1) is 0 Å². The van der Waals surface area contributed by atoms with Crippen LogP contribution in [0.25, 0.3) is 5.57 Å². The topological polar surface area (TPSA) is 0 Å². The van der Waals surface area contributed by atoms with Gasteiger partial charge in [0, 0.05) is 0 Å². The molecule has 0 heterocycles. The monoisotopic (exact) mass is 314 g/mol. The van der Waals surface area contributed by atoms with E-state index in [0.29, 0.717) is 5.41 Å². The normalized spacial score (nSPS) is 33.6. The zero-order valence-corrected chi connectivity index (χ0v) is 14.4. The number of rotatable bonds is 3. The average molecular weight is 314 g/mol. The van der Waals surface area contributed by atoms with Crippen molar-refractivity contribution in [1.82, 2.24) is 0 Å². The second-order valence-electron chi connectivity index (χ2n) is 8.62. The molecule has 4 aliphatic carbocycles. The lowest BCUT2D eigenvalue weighted by Gasteiger charge is -2.57. The van der Waals surface area contributed by atoms with E-state index in [1.165, 1.54) is 49.7 Å². The van der Waals surface area contributed by atoms with Gasteiger partial charge in [-0.05, 0) is 84.0 Å². The van der Waals surface area contributed by atoms with Crippen LogP contribution in [0.15, 0.2) is 61.2 Å². The lowest BCUT2D eigenvalue weighted by Crippen LogP contribution is -2.48. The molecule has 122 valence electrons. The lowest BCUT2D eigenvalue weighted by atomic mass is 9.48. The summed E-state index contributed by atoms with van der Waals surface area (Å²) >= 11 is 0. The highest BCUT2D eigenvalue weighted by molar-refractivity contribution is 5.78. The highest BCUT2D eigenvalue weighted by Gasteiger charge is 2.51. The summed E-state index contributed by atoms with van der Waals surface area (Å²) in [5, 5.41) is 0. The Morgan fingerprint density at radius 1 is 0.708 bits per heavy atom. The van der Waals surface area contributed by atoms with E-state index < -0.39 is 0 Å². The molecule has 0 nitrogen and oxygen atoms in total. The minimum Gasteiger partial charge on any atom is -0.0906 e. The molecule has 0 N–H and O–H groups in total. The fourth-order valence-corrected chi connectivity index (χ4v) is 6.30. The summed E-state index contributed by atoms with van der Waals surface area (Å²) in [6, 6.07) is 20.0. The maximum Gasteiger partial charge on any atom is -0.00391 e. The van der Waals surface area contributed by atoms with Crippen LogP contribution in [0.3, 0.4) is 0 Å². The third-order valence-electron chi connectivity index (χ3n) is 7.01. The van der Waals surface area contributed by atoms with Gasteiger partial charge in [-0.3, -0.25) is 0 Å². The van der Waals surface area contributed by atoms with Crippen LogP contribution in [-0.2, 0) is 5.41 Å². The van der Waals surface area contributed by atoms with E-state index in [1.54, 1.807) is 5.56 Å². The fourth-order valence-electron chi connectivity index (χ4n) is 6.30. The summed E-state index contributed by atoms with van der Waals surface area (Å²) in [4.78, 5) is 0. The lowest BCUT2D eigenvalue weighted by molar-refractivity contribution is -0.00518. The molecular formula is C24H26. The Kier molecular flexibility index (Phi) is 3.23. The molecule has 2 aromatic rings. The first-order valence-corrected chi connectivity index (χ1v) is 9.57. The van der Waals surface area contributed by atoms with Gasteiger partial charge in [0.25, 0.3) is 0 Å². The Morgan fingerprint density at radius 3 is 1.75 bits per heavy atom. The molecule has 0 heteroatoms. The van der Waals surface area contributed by atoms with Crippen LogP contribution in [0.4, 0.5) is 0 Å². The van der Waals surface area contributed by atoms with Crippen molar-refractivity contribution in [2.75, 3.05) is 0 Å². The van der Waals surface area contributed by atoms with Gasteiger partial charge >= 0.3 is 0 Å². The van der Waals surface area contributed by atoms with E-state index in [1.807, 2.05) is 0 Å². The third-order valence-corrected chi connectivity index (χ3v) is 7.01. The van der Waals surface area contributed by atoms with Gasteiger partial charge in [0.1, 0.15) is 0 Å². The Hall–Kier alpha value is -1.82. The van der Waals surface area contributed by atoms with E-state index >= 15 is 0 Å². The molecule has 4 fully saturated rings. The standard InChI is InChI=1S/C24H26/c1-17(21-5-3-2-4-6-21)22-7-9-23(10-8-22)24-14-18-11-19(15-24)13-20(12-18)16-24/h2-10,18-20H,1,11-16H2. The van der Waals surface area contributed by atoms with Crippen LogP contribution in [0.2, 0.25) is 0 Å². The first-order chi connectivity index (χ1) is 11.7. The molecule has 0 saturated heterocycles. The van der Waals surface area contributed by atoms with Gasteiger partial charge in [0.2, 0.25) is 0 Å². The van der Waals surface area contributed by atoms with Gasteiger partial charge in [-0.15, -0.1) is 0 Å². The van der Waals surface area contributed by atoms with Gasteiger partial charge in [-0.2, -0.15) is 0 Å². The van der Waals surface area contributed by atoms with Crippen LogP contribution in [0.1, 0.15) is 55.2 Å². The Bertz CT molecular complexity index is 715. The second kappa shape index (κ2) is 5.34. The molecule has 6 rings (SSSR count). The molecule has 4 saturated carbocycles. The summed E-state index contributed by atoms with van der Waals surface area (Å²) in [7, 11) is 0. The predicted octanol–water partition coefficient (Wildman–Crippen LogP) is 6.22. The average Bonchev–Trinajstić information content (AvgIpc) is 2.61. The highest BCUT2D eigenvalue weighted by Crippen LogP contribution is 2.60. The molecule has 0 aromatic heterocycles. The van der Waals surface area contributed by atoms with E-state index in [4.69, 9.17) is 0 Å². The Morgan fingerprint density at radius 2 is 1.21 bits per heavy atom. The molecular weight excluding hydrogens is 288 g/mol. The van der Waals surface area contributed by atoms with Crippen molar-refractivity contribution < 1.29 is 0 Å². The smallest absolute Gasteiger partial charge is 0.00391 e. The van der Waals surface area contributed by atoms with Crippen LogP contribution in [-0.4, -0.2) is 0 Å². The highest BCUT2D eigenvalue weighted by atomic mass is 14.6. The largest absolute Gasteiger partial charge is 0.0906 e. The fraction of sp³-hybridized carbons (Fsp3) is 0.417. The third kappa shape index (κ3) is 2.27. The second-order valence-corrected chi connectivity index (χ2v) is 8.62. The van der Waals surface area contributed by atoms with Crippen molar-refractivity contribution in [3.05, 3.63) is 77.9 Å². The van der Waals surface area contributed by atoms with Crippen LogP contribution in [0, 0.1) is 17.8 Å². The minimum absolute atomic E-state index is 0.501. The van der Waals surface area contributed by atoms with Crippen molar-refractivity contribution in [2.24, 2.45) is 17.8 Å². The van der Waals surface area contributed by atoms with Crippen molar-refractivity contribution in [2.45, 2.75) is 43.9 Å². The van der Waals surface area contributed by atoms with Gasteiger partial charge in [0.15, 0.2) is 0 Å². The van der Waals surface area contributed by atoms with Gasteiger partial charge in [-0.25, -0.2) is 0 Å². The maximum atomic E-state index is 4.32. The molecule has 24 heavy (non-hydrogen) atoms. The minimum atomic E-state index is 0.501. The number of benzene rings is 2. The number of hydrogen-bond donors (Lipinski definition) is 0. The SMILES string of the molecule is C=C(c1ccccc1)c1ccc(C23CC4CC(CC(C4)C2)C3)cc1. The first-order valence-electron chi connectivity index (χ1n) is 9.57. The maximum absolute atomic E-state index is 4.32. The molecule has 0 atom stereocenters. The first kappa shape index (κ1) is 14.5. The van der Waals surface area contributed by atoms with Crippen LogP contribution < -0.4 is 0 Å². The molecule has 4 aliphatic rings. The Labute approximate surface area is 145 Å². The molecule has 0 radical (unpaired) electrons. The summed E-state index contributed by atoms with van der Waals surface area (Å²) in [5.74, 6) is 3.03. The van der Waals surface area contributed by atoms with Gasteiger partial charge in [-0.1, -0.05) is 61.2 Å². The quantitative estimate of drug-likeness (QED) is 0.631. The van der Waals surface area contributed by atoms with Crippen LogP contribution >= 0.6 is 0 Å². The number of hydrogen-bond acceptors (Lipinski definition) is 0. The molecule has 2 aromatic carbocycles. The van der Waals surface area contributed by atoms with Crippen LogP contribution in [0.5, 0.6) is 0 Å². The molecule has 0 aliphatic heterocycles.